The van der Waals surface area contributed by atoms with Crippen LogP contribution in [0.5, 0.6) is 0 Å². The molecule has 0 heterocycles. The van der Waals surface area contributed by atoms with Crippen LogP contribution in [-0.4, -0.2) is 42.0 Å². The smallest absolute Gasteiger partial charge is 0.221 e. The van der Waals surface area contributed by atoms with Crippen molar-refractivity contribution in [3.8, 4) is 0 Å². The molecule has 0 saturated heterocycles. The van der Waals surface area contributed by atoms with Crippen LogP contribution in [0.1, 0.15) is 96.3 Å². The van der Waals surface area contributed by atoms with Crippen molar-refractivity contribution in [1.29, 1.82) is 0 Å². The standard InChI is InChI=1S/C18H35N9O6S3/c19-22-25-34(28,29)16-12-8-4-1-2-6-10-14-18(36(32,33)27-24-21)15-11-7-3-5-9-13-17-35(30,31)26-23-20/h18H,1-17H2. The first-order valence-corrected chi connectivity index (χ1v) is 16.6. The molecule has 0 aromatic rings. The number of unbranched alkanes of at least 4 members (excludes halogenated alkanes) is 11. The molecule has 0 amide bonds. The lowest BCUT2D eigenvalue weighted by atomic mass is 10.0. The number of nitrogens with zero attached hydrogens (tertiary/aromatic N) is 9. The SMILES string of the molecule is [N-]=[N+]=NS(=O)(=O)CCCCCCCCCC(CCCCCCCCS(=O)(=O)N=[N+]=[N-])S(=O)(=O)N=[N+]=[N-]. The highest BCUT2D eigenvalue weighted by atomic mass is 32.2. The normalized spacial score (nSPS) is 12.7. The number of hydrogen-bond acceptors (Lipinski definition) is 6. The lowest BCUT2D eigenvalue weighted by Gasteiger charge is -2.14. The zero-order valence-corrected chi connectivity index (χ0v) is 22.7. The van der Waals surface area contributed by atoms with E-state index in [2.05, 4.69) is 28.3 Å². The quantitative estimate of drug-likeness (QED) is 0.0605. The number of hydrogen-bond donors (Lipinski definition) is 0. The fraction of sp³-hybridized carbons (Fsp3) is 1.00. The Kier molecular flexibility index (Phi) is 17.8. The van der Waals surface area contributed by atoms with Gasteiger partial charge in [-0.15, -0.1) is 0 Å². The highest BCUT2D eigenvalue weighted by molar-refractivity contribution is 7.90. The van der Waals surface area contributed by atoms with E-state index < -0.39 is 35.3 Å². The third kappa shape index (κ3) is 18.1. The van der Waals surface area contributed by atoms with E-state index in [0.717, 1.165) is 44.9 Å². The van der Waals surface area contributed by atoms with Crippen LogP contribution in [0.4, 0.5) is 0 Å². The second-order valence-electron chi connectivity index (χ2n) is 8.40. The molecule has 206 valence electrons. The second kappa shape index (κ2) is 19.0. The largest absolute Gasteiger partial charge is 0.238 e. The molecule has 0 N–H and O–H groups in total. The zero-order valence-electron chi connectivity index (χ0n) is 20.3. The van der Waals surface area contributed by atoms with E-state index in [9.17, 15) is 25.3 Å². The van der Waals surface area contributed by atoms with Crippen molar-refractivity contribution in [2.75, 3.05) is 11.5 Å². The molecular weight excluding hydrogens is 534 g/mol. The molecule has 15 nitrogen and oxygen atoms in total. The Hall–Kier alpha value is -2.22. The Labute approximate surface area is 213 Å². The van der Waals surface area contributed by atoms with Crippen LogP contribution in [-0.2, 0) is 30.1 Å². The topological polar surface area (TPSA) is 249 Å². The number of azide groups is 3. The Balaban J connectivity index is 4.18. The van der Waals surface area contributed by atoms with Gasteiger partial charge >= 0.3 is 0 Å². The minimum atomic E-state index is -3.91. The van der Waals surface area contributed by atoms with Crippen LogP contribution in [0.3, 0.4) is 0 Å². The van der Waals surface area contributed by atoms with Crippen molar-refractivity contribution >= 4 is 30.1 Å². The van der Waals surface area contributed by atoms with Gasteiger partial charge in [0.2, 0.25) is 30.1 Å². The Morgan fingerprint density at radius 1 is 0.472 bits per heavy atom. The summed E-state index contributed by atoms with van der Waals surface area (Å²) in [5, 5.41) is -0.742. The first-order chi connectivity index (χ1) is 17.0. The third-order valence-electron chi connectivity index (χ3n) is 5.50. The summed E-state index contributed by atoms with van der Waals surface area (Å²) in [6, 6.07) is 0. The zero-order chi connectivity index (χ0) is 27.3. The highest BCUT2D eigenvalue weighted by Gasteiger charge is 2.23. The van der Waals surface area contributed by atoms with Crippen LogP contribution in [0.25, 0.3) is 31.3 Å². The van der Waals surface area contributed by atoms with E-state index in [-0.39, 0.29) is 11.5 Å². The first kappa shape index (κ1) is 33.8. The molecule has 0 aromatic heterocycles. The molecule has 0 aromatic carbocycles. The van der Waals surface area contributed by atoms with Gasteiger partial charge in [0.25, 0.3) is 0 Å². The number of sulfonamides is 3. The van der Waals surface area contributed by atoms with Crippen molar-refractivity contribution in [2.45, 2.75) is 102 Å². The predicted molar refractivity (Wildman–Crippen MR) is 137 cm³/mol. The van der Waals surface area contributed by atoms with E-state index in [0.29, 0.717) is 51.4 Å². The van der Waals surface area contributed by atoms with Crippen LogP contribution in [0.2, 0.25) is 0 Å². The minimum absolute atomic E-state index is 0.171. The average Bonchev–Trinajstić information content (AvgIpc) is 2.77. The van der Waals surface area contributed by atoms with Gasteiger partial charge in [0, 0.05) is 28.3 Å². The molecule has 0 spiro atoms. The van der Waals surface area contributed by atoms with Crippen LogP contribution >= 0.6 is 0 Å². The molecule has 18 heteroatoms. The number of rotatable bonds is 23. The molecule has 0 bridgehead atoms. The average molecular weight is 570 g/mol. The van der Waals surface area contributed by atoms with Gasteiger partial charge in [0.05, 0.1) is 16.8 Å². The fourth-order valence-corrected chi connectivity index (χ4v) is 6.34. The van der Waals surface area contributed by atoms with E-state index in [1.165, 1.54) is 0 Å². The van der Waals surface area contributed by atoms with E-state index in [4.69, 9.17) is 16.6 Å². The van der Waals surface area contributed by atoms with Gasteiger partial charge < -0.3 is 0 Å². The van der Waals surface area contributed by atoms with Gasteiger partial charge in [0.1, 0.15) is 0 Å². The molecule has 0 aliphatic carbocycles. The highest BCUT2D eigenvalue weighted by Crippen LogP contribution is 2.21. The van der Waals surface area contributed by atoms with Crippen LogP contribution in [0.15, 0.2) is 13.6 Å². The van der Waals surface area contributed by atoms with E-state index in [1.54, 1.807) is 0 Å². The van der Waals surface area contributed by atoms with Gasteiger partial charge in [-0.05, 0) is 42.3 Å². The minimum Gasteiger partial charge on any atom is -0.221 e. The lowest BCUT2D eigenvalue weighted by Crippen LogP contribution is -2.19. The molecule has 0 fully saturated rings. The van der Waals surface area contributed by atoms with E-state index in [1.807, 2.05) is 0 Å². The van der Waals surface area contributed by atoms with Crippen molar-refractivity contribution in [2.24, 2.45) is 13.6 Å². The van der Waals surface area contributed by atoms with Gasteiger partial charge in [-0.2, -0.15) is 0 Å². The van der Waals surface area contributed by atoms with Gasteiger partial charge in [-0.25, -0.2) is 25.3 Å². The summed E-state index contributed by atoms with van der Waals surface area (Å²) >= 11 is 0. The maximum Gasteiger partial charge on any atom is 0.238 e. The van der Waals surface area contributed by atoms with Crippen molar-refractivity contribution in [3.05, 3.63) is 31.3 Å². The molecule has 1 unspecified atom stereocenters. The molecule has 0 radical (unpaired) electrons. The molecule has 36 heavy (non-hydrogen) atoms. The Bertz CT molecular complexity index is 1110. The van der Waals surface area contributed by atoms with Crippen LogP contribution < -0.4 is 0 Å². The van der Waals surface area contributed by atoms with Crippen molar-refractivity contribution in [1.82, 2.24) is 0 Å². The first-order valence-electron chi connectivity index (χ1n) is 11.9. The molecule has 0 rings (SSSR count). The summed E-state index contributed by atoms with van der Waals surface area (Å²) in [7, 11) is -11.3. The maximum absolute atomic E-state index is 12.3. The third-order valence-corrected chi connectivity index (χ3v) is 9.37. The summed E-state index contributed by atoms with van der Waals surface area (Å²) in [6.07, 6.45) is 9.95. The molecule has 0 aliphatic heterocycles. The van der Waals surface area contributed by atoms with Gasteiger partial charge in [-0.1, -0.05) is 70.6 Å². The Morgan fingerprint density at radius 3 is 1.11 bits per heavy atom. The summed E-state index contributed by atoms with van der Waals surface area (Å²) in [4.78, 5) is 7.01. The summed E-state index contributed by atoms with van der Waals surface area (Å²) in [5.74, 6) is -0.363. The summed E-state index contributed by atoms with van der Waals surface area (Å²) < 4.78 is 78.1. The Morgan fingerprint density at radius 2 is 0.778 bits per heavy atom. The molecule has 0 saturated carbocycles. The fourth-order valence-electron chi connectivity index (χ4n) is 3.66. The monoisotopic (exact) mass is 569 g/mol. The maximum atomic E-state index is 12.3. The van der Waals surface area contributed by atoms with Crippen molar-refractivity contribution in [3.63, 3.8) is 0 Å². The van der Waals surface area contributed by atoms with E-state index >= 15 is 0 Å². The second-order valence-corrected chi connectivity index (χ2v) is 13.7. The van der Waals surface area contributed by atoms with Gasteiger partial charge in [0.15, 0.2) is 0 Å². The predicted octanol–water partition coefficient (Wildman–Crippen LogP) is 6.13. The summed E-state index contributed by atoms with van der Waals surface area (Å²) in [5.41, 5.74) is 24.9. The molecular formula is C18H35N9O6S3. The summed E-state index contributed by atoms with van der Waals surface area (Å²) in [6.45, 7) is 0. The van der Waals surface area contributed by atoms with Crippen LogP contribution in [0, 0.1) is 0 Å². The lowest BCUT2D eigenvalue weighted by molar-refractivity contribution is 0.510. The van der Waals surface area contributed by atoms with Gasteiger partial charge in [-0.3, -0.25) is 0 Å². The molecule has 1 atom stereocenters. The molecule has 0 aliphatic rings. The van der Waals surface area contributed by atoms with Crippen molar-refractivity contribution < 1.29 is 25.3 Å².